The number of fused-ring (bicyclic) bond motifs is 2. The Bertz CT molecular complexity index is 749. The van der Waals surface area contributed by atoms with Gasteiger partial charge in [-0.3, -0.25) is 4.79 Å². The van der Waals surface area contributed by atoms with Gasteiger partial charge in [0.25, 0.3) is 0 Å². The molecule has 8 heteroatoms. The lowest BCUT2D eigenvalue weighted by atomic mass is 9.59. The first-order valence-corrected chi connectivity index (χ1v) is 14.0. The summed E-state index contributed by atoms with van der Waals surface area (Å²) in [5.41, 5.74) is 1.87. The SMILES string of the molecule is CCCC[NH+](CCCC)CCCNCC1C(=O)OC2CC3(C)CCCC(C)C3=CC21.O=C([O-])C(=O)O. The van der Waals surface area contributed by atoms with Crippen LogP contribution in [-0.4, -0.2) is 61.8 Å². The Morgan fingerprint density at radius 3 is 2.39 bits per heavy atom. The maximum absolute atomic E-state index is 12.6. The lowest BCUT2D eigenvalue weighted by Gasteiger charge is -2.46. The molecule has 36 heavy (non-hydrogen) atoms. The van der Waals surface area contributed by atoms with Gasteiger partial charge in [0.05, 0.1) is 25.6 Å². The molecule has 0 aromatic heterocycles. The van der Waals surface area contributed by atoms with Crippen LogP contribution < -0.4 is 15.3 Å². The van der Waals surface area contributed by atoms with Crippen molar-refractivity contribution in [3.8, 4) is 0 Å². The van der Waals surface area contributed by atoms with Gasteiger partial charge in [-0.05, 0) is 43.4 Å². The third-order valence-corrected chi connectivity index (χ3v) is 8.27. The molecular formula is C28H48N2O6. The fourth-order valence-electron chi connectivity index (χ4n) is 6.23. The number of carbonyl (C=O) groups is 3. The van der Waals surface area contributed by atoms with Gasteiger partial charge in [0.1, 0.15) is 6.10 Å². The molecule has 5 atom stereocenters. The first-order chi connectivity index (χ1) is 17.1. The van der Waals surface area contributed by atoms with Crippen LogP contribution in [0.5, 0.6) is 0 Å². The highest BCUT2D eigenvalue weighted by Crippen LogP contribution is 2.53. The number of carbonyl (C=O) groups excluding carboxylic acids is 2. The minimum atomic E-state index is -2.07. The van der Waals surface area contributed by atoms with Crippen LogP contribution in [0.2, 0.25) is 0 Å². The van der Waals surface area contributed by atoms with E-state index in [1.807, 2.05) is 0 Å². The van der Waals surface area contributed by atoms with Crippen LogP contribution in [0.15, 0.2) is 11.6 Å². The van der Waals surface area contributed by atoms with Crippen molar-refractivity contribution in [3.05, 3.63) is 11.6 Å². The molecular weight excluding hydrogens is 460 g/mol. The van der Waals surface area contributed by atoms with E-state index in [0.29, 0.717) is 5.92 Å². The molecule has 0 radical (unpaired) electrons. The minimum Gasteiger partial charge on any atom is -0.539 e. The molecule has 1 heterocycles. The standard InChI is InChI=1S/C26H46N2O2.C2H2O4/c1-5-7-14-28(15-8-6-2)16-10-13-27-19-22-21-17-23-20(3)11-9-12-26(23,4)18-24(21)30-25(22)29;3-1(4)2(5)6/h17,20-22,24,27H,5-16,18-19H2,1-4H3;(H,3,4)(H,5,6). The van der Waals surface area contributed by atoms with E-state index in [-0.39, 0.29) is 29.3 Å². The van der Waals surface area contributed by atoms with Crippen molar-refractivity contribution < 1.29 is 34.2 Å². The number of ether oxygens (including phenoxy) is 1. The predicted octanol–water partition coefficient (Wildman–Crippen LogP) is 1.59. The van der Waals surface area contributed by atoms with E-state index >= 15 is 0 Å². The molecule has 0 amide bonds. The monoisotopic (exact) mass is 508 g/mol. The topological polar surface area (TPSA) is 120 Å². The number of unbranched alkanes of at least 4 members (excludes halogenated alkanes) is 2. The summed E-state index contributed by atoms with van der Waals surface area (Å²) in [7, 11) is 0. The molecule has 3 aliphatic rings. The molecule has 8 nitrogen and oxygen atoms in total. The van der Waals surface area contributed by atoms with Gasteiger partial charge in [-0.2, -0.15) is 0 Å². The van der Waals surface area contributed by atoms with E-state index in [1.54, 1.807) is 10.5 Å². The average molecular weight is 509 g/mol. The van der Waals surface area contributed by atoms with Gasteiger partial charge in [-0.1, -0.05) is 58.6 Å². The second kappa shape index (κ2) is 14.7. The Kier molecular flexibility index (Phi) is 12.4. The van der Waals surface area contributed by atoms with Crippen molar-refractivity contribution in [2.75, 3.05) is 32.7 Å². The molecule has 206 valence electrons. The molecule has 1 aliphatic heterocycles. The lowest BCUT2D eigenvalue weighted by molar-refractivity contribution is -0.900. The van der Waals surface area contributed by atoms with E-state index in [1.165, 1.54) is 71.0 Å². The first kappa shape index (κ1) is 30.3. The highest BCUT2D eigenvalue weighted by molar-refractivity contribution is 6.26. The molecule has 0 spiro atoms. The molecule has 3 N–H and O–H groups in total. The van der Waals surface area contributed by atoms with Crippen LogP contribution in [0.25, 0.3) is 0 Å². The van der Waals surface area contributed by atoms with Crippen molar-refractivity contribution >= 4 is 17.9 Å². The van der Waals surface area contributed by atoms with Crippen molar-refractivity contribution in [3.63, 3.8) is 0 Å². The summed E-state index contributed by atoms with van der Waals surface area (Å²) in [4.78, 5) is 32.4. The average Bonchev–Trinajstić information content (AvgIpc) is 3.12. The number of quaternary nitrogens is 1. The number of rotatable bonds is 12. The Morgan fingerprint density at radius 2 is 1.81 bits per heavy atom. The zero-order valence-electron chi connectivity index (χ0n) is 22.8. The van der Waals surface area contributed by atoms with Crippen LogP contribution in [0.1, 0.15) is 85.5 Å². The predicted molar refractivity (Wildman–Crippen MR) is 136 cm³/mol. The third kappa shape index (κ3) is 8.58. The maximum atomic E-state index is 12.6. The van der Waals surface area contributed by atoms with Crippen molar-refractivity contribution in [1.29, 1.82) is 0 Å². The largest absolute Gasteiger partial charge is 0.539 e. The number of carboxylic acids is 2. The summed E-state index contributed by atoms with van der Waals surface area (Å²) in [5.74, 6) is -3.03. The van der Waals surface area contributed by atoms with Gasteiger partial charge in [0, 0.05) is 25.4 Å². The molecule has 3 rings (SSSR count). The van der Waals surface area contributed by atoms with Crippen LogP contribution in [0, 0.1) is 23.2 Å². The molecule has 0 aromatic carbocycles. The number of allylic oxidation sites excluding steroid dienone is 1. The number of carboxylic acid groups (broad SMARTS) is 2. The smallest absolute Gasteiger partial charge is 0.351 e. The number of hydrogen-bond acceptors (Lipinski definition) is 6. The number of nitrogens with one attached hydrogen (secondary N) is 2. The fraction of sp³-hybridized carbons (Fsp3) is 0.821. The Hall–Kier alpha value is -1.93. The summed E-state index contributed by atoms with van der Waals surface area (Å²) >= 11 is 0. The van der Waals surface area contributed by atoms with Crippen molar-refractivity contribution in [2.24, 2.45) is 23.2 Å². The van der Waals surface area contributed by atoms with Gasteiger partial charge >= 0.3 is 11.9 Å². The van der Waals surface area contributed by atoms with E-state index in [2.05, 4.69) is 39.1 Å². The lowest BCUT2D eigenvalue weighted by Crippen LogP contribution is -3.12. The molecule has 2 fully saturated rings. The number of aliphatic carboxylic acids is 2. The quantitative estimate of drug-likeness (QED) is 0.158. The summed E-state index contributed by atoms with van der Waals surface area (Å²) in [6.07, 6.45) is 13.9. The van der Waals surface area contributed by atoms with E-state index in [0.717, 1.165) is 19.5 Å². The van der Waals surface area contributed by atoms with Gasteiger partial charge in [-0.25, -0.2) is 4.79 Å². The van der Waals surface area contributed by atoms with Crippen LogP contribution >= 0.6 is 0 Å². The third-order valence-electron chi connectivity index (χ3n) is 8.27. The molecule has 2 aliphatic carbocycles. The second-order valence-electron chi connectivity index (χ2n) is 11.2. The van der Waals surface area contributed by atoms with Gasteiger partial charge in [-0.15, -0.1) is 0 Å². The molecule has 0 bridgehead atoms. The summed E-state index contributed by atoms with van der Waals surface area (Å²) < 4.78 is 5.88. The summed E-state index contributed by atoms with van der Waals surface area (Å²) in [6.45, 7) is 15.0. The minimum absolute atomic E-state index is 0.00445. The number of esters is 1. The molecule has 0 aromatic rings. The molecule has 1 saturated heterocycles. The van der Waals surface area contributed by atoms with E-state index < -0.39 is 11.9 Å². The molecule has 1 saturated carbocycles. The second-order valence-corrected chi connectivity index (χ2v) is 11.2. The summed E-state index contributed by atoms with van der Waals surface area (Å²) in [6, 6.07) is 0. The van der Waals surface area contributed by atoms with Gasteiger partial charge in [0.15, 0.2) is 5.97 Å². The first-order valence-electron chi connectivity index (χ1n) is 14.0. The van der Waals surface area contributed by atoms with Gasteiger partial charge in [0.2, 0.25) is 0 Å². The van der Waals surface area contributed by atoms with Crippen molar-refractivity contribution in [1.82, 2.24) is 5.32 Å². The number of hydrogen-bond donors (Lipinski definition) is 3. The maximum Gasteiger partial charge on any atom is 0.351 e. The Morgan fingerprint density at radius 1 is 1.19 bits per heavy atom. The Labute approximate surface area is 216 Å². The summed E-state index contributed by atoms with van der Waals surface area (Å²) in [5, 5.41) is 19.9. The highest BCUT2D eigenvalue weighted by Gasteiger charge is 2.51. The van der Waals surface area contributed by atoms with Crippen LogP contribution in [0.4, 0.5) is 0 Å². The zero-order valence-corrected chi connectivity index (χ0v) is 22.8. The van der Waals surface area contributed by atoms with Gasteiger partial charge < -0.3 is 30.0 Å². The van der Waals surface area contributed by atoms with Crippen LogP contribution in [-0.2, 0) is 19.1 Å². The fourth-order valence-corrected chi connectivity index (χ4v) is 6.23. The van der Waals surface area contributed by atoms with Crippen LogP contribution in [0.3, 0.4) is 0 Å². The van der Waals surface area contributed by atoms with E-state index in [4.69, 9.17) is 24.5 Å². The van der Waals surface area contributed by atoms with E-state index in [9.17, 15) is 4.79 Å². The zero-order chi connectivity index (χ0) is 26.7. The Balaban J connectivity index is 0.000000678. The normalized spacial score (nSPS) is 28.9. The van der Waals surface area contributed by atoms with Crippen molar-refractivity contribution in [2.45, 2.75) is 91.6 Å². The molecule has 5 unspecified atom stereocenters. The highest BCUT2D eigenvalue weighted by atomic mass is 16.6.